The molecule has 0 atom stereocenters. The van der Waals surface area contributed by atoms with Crippen molar-refractivity contribution in [3.8, 4) is 34.4 Å². The first-order valence-electron chi connectivity index (χ1n) is 8.33. The summed E-state index contributed by atoms with van der Waals surface area (Å²) < 4.78 is 21.5. The van der Waals surface area contributed by atoms with E-state index in [9.17, 15) is 0 Å². The number of hydrogen-bond acceptors (Lipinski definition) is 9. The molecule has 9 heteroatoms. The molecule has 0 aliphatic carbocycles. The fourth-order valence-corrected chi connectivity index (χ4v) is 3.09. The predicted molar refractivity (Wildman–Crippen MR) is 102 cm³/mol. The lowest BCUT2D eigenvalue weighted by Gasteiger charge is -2.03. The first kappa shape index (κ1) is 18.1. The molecule has 0 aliphatic rings. The Hall–Kier alpha value is -3.33. The fraction of sp³-hybridized carbons (Fsp3) is 0.158. The molecule has 142 valence electrons. The van der Waals surface area contributed by atoms with Gasteiger partial charge >= 0.3 is 0 Å². The van der Waals surface area contributed by atoms with Gasteiger partial charge in [-0.25, -0.2) is 0 Å². The number of ether oxygens (including phenoxy) is 2. The van der Waals surface area contributed by atoms with Gasteiger partial charge in [0.2, 0.25) is 0 Å². The van der Waals surface area contributed by atoms with Gasteiger partial charge in [-0.2, -0.15) is 4.98 Å². The van der Waals surface area contributed by atoms with Crippen molar-refractivity contribution in [2.24, 2.45) is 0 Å². The van der Waals surface area contributed by atoms with Crippen molar-refractivity contribution in [3.05, 3.63) is 54.4 Å². The third-order valence-electron chi connectivity index (χ3n) is 3.87. The summed E-state index contributed by atoms with van der Waals surface area (Å²) in [6.45, 7) is 0. The van der Waals surface area contributed by atoms with Crippen LogP contribution in [0.25, 0.3) is 22.9 Å². The van der Waals surface area contributed by atoms with Crippen molar-refractivity contribution in [3.63, 3.8) is 0 Å². The van der Waals surface area contributed by atoms with Crippen LogP contribution >= 0.6 is 11.8 Å². The van der Waals surface area contributed by atoms with E-state index in [0.717, 1.165) is 16.9 Å². The summed E-state index contributed by atoms with van der Waals surface area (Å²) >= 11 is 1.33. The zero-order chi connectivity index (χ0) is 19.3. The molecule has 0 saturated carbocycles. The zero-order valence-corrected chi connectivity index (χ0v) is 16.0. The Labute approximate surface area is 164 Å². The number of nitrogens with zero attached hydrogens (tertiary/aromatic N) is 4. The van der Waals surface area contributed by atoms with Crippen LogP contribution < -0.4 is 9.47 Å². The molecule has 28 heavy (non-hydrogen) atoms. The summed E-state index contributed by atoms with van der Waals surface area (Å²) in [6.07, 6.45) is 0. The van der Waals surface area contributed by atoms with Crippen molar-refractivity contribution in [1.82, 2.24) is 20.3 Å². The summed E-state index contributed by atoms with van der Waals surface area (Å²) in [5.74, 6) is 3.25. The number of rotatable bonds is 7. The van der Waals surface area contributed by atoms with E-state index in [-0.39, 0.29) is 0 Å². The van der Waals surface area contributed by atoms with E-state index < -0.39 is 0 Å². The second-order valence-electron chi connectivity index (χ2n) is 5.61. The lowest BCUT2D eigenvalue weighted by Crippen LogP contribution is -1.87. The number of thioether (sulfide) groups is 1. The largest absolute Gasteiger partial charge is 0.497 e. The summed E-state index contributed by atoms with van der Waals surface area (Å²) in [5.41, 5.74) is 1.56. The Kier molecular flexibility index (Phi) is 5.24. The van der Waals surface area contributed by atoms with Gasteiger partial charge in [-0.15, -0.1) is 10.2 Å². The van der Waals surface area contributed by atoms with Gasteiger partial charge in [-0.05, 0) is 36.4 Å². The molecule has 2 aromatic carbocycles. The van der Waals surface area contributed by atoms with E-state index in [1.54, 1.807) is 14.2 Å². The first-order chi connectivity index (χ1) is 13.8. The maximum atomic E-state index is 5.71. The minimum Gasteiger partial charge on any atom is -0.497 e. The molecule has 2 heterocycles. The Morgan fingerprint density at radius 2 is 1.75 bits per heavy atom. The maximum absolute atomic E-state index is 5.71. The van der Waals surface area contributed by atoms with Gasteiger partial charge in [0.15, 0.2) is 5.82 Å². The topological polar surface area (TPSA) is 96.3 Å². The average Bonchev–Trinajstić information content (AvgIpc) is 3.42. The molecule has 0 N–H and O–H groups in total. The van der Waals surface area contributed by atoms with Crippen LogP contribution in [0.3, 0.4) is 0 Å². The van der Waals surface area contributed by atoms with Crippen LogP contribution in [0.4, 0.5) is 0 Å². The molecule has 0 radical (unpaired) electrons. The molecule has 0 saturated heterocycles. The van der Waals surface area contributed by atoms with E-state index in [4.69, 9.17) is 18.4 Å². The molecule has 8 nitrogen and oxygen atoms in total. The molecular formula is C19H16N4O4S. The highest BCUT2D eigenvalue weighted by Gasteiger charge is 2.15. The van der Waals surface area contributed by atoms with E-state index in [1.165, 1.54) is 11.8 Å². The quantitative estimate of drug-likeness (QED) is 0.428. The van der Waals surface area contributed by atoms with Gasteiger partial charge in [-0.3, -0.25) is 0 Å². The molecule has 0 amide bonds. The molecule has 4 aromatic rings. The standard InChI is InChI=1S/C19H16N4O4S/c1-24-13-9-7-12(8-10-13)17-20-16(23-27-17)11-28-19-22-21-18(26-19)14-5-3-4-6-15(14)25-2/h3-10H,11H2,1-2H3. The monoisotopic (exact) mass is 396 g/mol. The van der Waals surface area contributed by atoms with E-state index in [1.807, 2.05) is 48.5 Å². The van der Waals surface area contributed by atoms with Gasteiger partial charge in [0.1, 0.15) is 11.5 Å². The van der Waals surface area contributed by atoms with Gasteiger partial charge in [0.05, 0.1) is 25.5 Å². The van der Waals surface area contributed by atoms with Crippen LogP contribution in [0.15, 0.2) is 62.7 Å². The lowest BCUT2D eigenvalue weighted by molar-refractivity contribution is 0.411. The van der Waals surface area contributed by atoms with Crippen LogP contribution in [0.5, 0.6) is 11.5 Å². The summed E-state index contributed by atoms with van der Waals surface area (Å²) in [5, 5.41) is 12.5. The normalized spacial score (nSPS) is 10.8. The molecule has 0 unspecified atom stereocenters. The van der Waals surface area contributed by atoms with Crippen LogP contribution in [0.2, 0.25) is 0 Å². The Bertz CT molecular complexity index is 1060. The number of hydrogen-bond donors (Lipinski definition) is 0. The molecule has 4 rings (SSSR count). The fourth-order valence-electron chi connectivity index (χ4n) is 2.49. The third kappa shape index (κ3) is 3.84. The van der Waals surface area contributed by atoms with E-state index in [2.05, 4.69) is 20.3 Å². The predicted octanol–water partition coefficient (Wildman–Crippen LogP) is 4.10. The third-order valence-corrected chi connectivity index (χ3v) is 4.69. The van der Waals surface area contributed by atoms with Gasteiger partial charge in [0.25, 0.3) is 17.0 Å². The Morgan fingerprint density at radius 1 is 0.929 bits per heavy atom. The van der Waals surface area contributed by atoms with Crippen molar-refractivity contribution in [2.45, 2.75) is 11.0 Å². The van der Waals surface area contributed by atoms with Crippen LogP contribution in [0.1, 0.15) is 5.82 Å². The molecule has 0 aliphatic heterocycles. The van der Waals surface area contributed by atoms with Crippen LogP contribution in [-0.4, -0.2) is 34.6 Å². The number of methoxy groups -OCH3 is 2. The second-order valence-corrected chi connectivity index (χ2v) is 6.53. The second kappa shape index (κ2) is 8.13. The maximum Gasteiger partial charge on any atom is 0.277 e. The van der Waals surface area contributed by atoms with Crippen LogP contribution in [0, 0.1) is 0 Å². The SMILES string of the molecule is COc1ccc(-c2nc(CSc3nnc(-c4ccccc4OC)o3)no2)cc1. The Morgan fingerprint density at radius 3 is 2.54 bits per heavy atom. The highest BCUT2D eigenvalue weighted by atomic mass is 32.2. The molecular weight excluding hydrogens is 380 g/mol. The number of para-hydroxylation sites is 1. The highest BCUT2D eigenvalue weighted by Crippen LogP contribution is 2.31. The lowest BCUT2D eigenvalue weighted by atomic mass is 10.2. The van der Waals surface area contributed by atoms with Gasteiger partial charge in [0, 0.05) is 5.56 Å². The number of aromatic nitrogens is 4. The van der Waals surface area contributed by atoms with Gasteiger partial charge in [-0.1, -0.05) is 29.1 Å². The first-order valence-corrected chi connectivity index (χ1v) is 9.32. The molecule has 0 spiro atoms. The van der Waals surface area contributed by atoms with E-state index >= 15 is 0 Å². The van der Waals surface area contributed by atoms with Crippen molar-refractivity contribution >= 4 is 11.8 Å². The summed E-state index contributed by atoms with van der Waals surface area (Å²) in [6, 6.07) is 14.9. The molecule has 0 bridgehead atoms. The molecule has 0 fully saturated rings. The summed E-state index contributed by atoms with van der Waals surface area (Å²) in [4.78, 5) is 4.39. The minimum atomic E-state index is 0.395. The highest BCUT2D eigenvalue weighted by molar-refractivity contribution is 7.98. The Balaban J connectivity index is 1.43. The number of benzene rings is 2. The van der Waals surface area contributed by atoms with Crippen molar-refractivity contribution in [1.29, 1.82) is 0 Å². The minimum absolute atomic E-state index is 0.395. The molecule has 2 aromatic heterocycles. The van der Waals surface area contributed by atoms with E-state index in [0.29, 0.717) is 34.3 Å². The zero-order valence-electron chi connectivity index (χ0n) is 15.2. The van der Waals surface area contributed by atoms with Crippen LogP contribution in [-0.2, 0) is 5.75 Å². The smallest absolute Gasteiger partial charge is 0.277 e. The van der Waals surface area contributed by atoms with Crippen molar-refractivity contribution in [2.75, 3.05) is 14.2 Å². The summed E-state index contributed by atoms with van der Waals surface area (Å²) in [7, 11) is 3.22. The van der Waals surface area contributed by atoms with Crippen molar-refractivity contribution < 1.29 is 18.4 Å². The average molecular weight is 396 g/mol. The van der Waals surface area contributed by atoms with Gasteiger partial charge < -0.3 is 18.4 Å².